The van der Waals surface area contributed by atoms with Crippen LogP contribution in [-0.4, -0.2) is 43.0 Å². The van der Waals surface area contributed by atoms with Crippen molar-refractivity contribution in [2.75, 3.05) is 26.2 Å². The summed E-state index contributed by atoms with van der Waals surface area (Å²) in [6, 6.07) is 10.8. The number of nitrogens with one attached hydrogen (secondary N) is 1. The first-order chi connectivity index (χ1) is 10.3. The second-order valence-corrected chi connectivity index (χ2v) is 5.79. The van der Waals surface area contributed by atoms with Crippen molar-refractivity contribution in [3.05, 3.63) is 35.9 Å². The van der Waals surface area contributed by atoms with Crippen molar-refractivity contribution in [3.8, 4) is 0 Å². The number of carbonyl (C=O) groups is 1. The second-order valence-electron chi connectivity index (χ2n) is 5.79. The average Bonchev–Trinajstić information content (AvgIpc) is 2.53. The smallest absolute Gasteiger partial charge is 0.234 e. The van der Waals surface area contributed by atoms with E-state index in [9.17, 15) is 4.79 Å². The fourth-order valence-corrected chi connectivity index (χ4v) is 2.94. The Bertz CT molecular complexity index is 421. The summed E-state index contributed by atoms with van der Waals surface area (Å²) in [7, 11) is 0. The summed E-state index contributed by atoms with van der Waals surface area (Å²) < 4.78 is 0. The first-order valence-electron chi connectivity index (χ1n) is 8.04. The highest BCUT2D eigenvalue weighted by molar-refractivity contribution is 5.78. The van der Waals surface area contributed by atoms with Gasteiger partial charge in [0.2, 0.25) is 5.91 Å². The van der Waals surface area contributed by atoms with Crippen molar-refractivity contribution in [2.24, 2.45) is 5.73 Å². The van der Waals surface area contributed by atoms with Crippen LogP contribution in [0.15, 0.2) is 30.3 Å². The van der Waals surface area contributed by atoms with Gasteiger partial charge in [-0.2, -0.15) is 0 Å². The highest BCUT2D eigenvalue weighted by atomic mass is 16.2. The number of amides is 1. The fraction of sp³-hybridized carbons (Fsp3) is 0.588. The number of rotatable bonds is 7. The molecule has 0 saturated carbocycles. The molecule has 21 heavy (non-hydrogen) atoms. The van der Waals surface area contributed by atoms with Crippen LogP contribution in [0, 0.1) is 0 Å². The number of hydrogen-bond acceptors (Lipinski definition) is 3. The van der Waals surface area contributed by atoms with E-state index in [2.05, 4.69) is 34.5 Å². The van der Waals surface area contributed by atoms with Crippen LogP contribution in [-0.2, 0) is 11.2 Å². The molecule has 1 aromatic rings. The summed E-state index contributed by atoms with van der Waals surface area (Å²) >= 11 is 0. The van der Waals surface area contributed by atoms with Gasteiger partial charge in [0, 0.05) is 19.1 Å². The molecule has 1 unspecified atom stereocenters. The molecule has 1 amide bonds. The van der Waals surface area contributed by atoms with Gasteiger partial charge in [0.05, 0.1) is 6.54 Å². The van der Waals surface area contributed by atoms with Crippen LogP contribution in [0.25, 0.3) is 0 Å². The van der Waals surface area contributed by atoms with Gasteiger partial charge in [-0.1, -0.05) is 36.8 Å². The Kier molecular flexibility index (Phi) is 6.70. The largest absolute Gasteiger partial charge is 0.355 e. The lowest BCUT2D eigenvalue weighted by Crippen LogP contribution is -2.48. The van der Waals surface area contributed by atoms with Crippen molar-refractivity contribution >= 4 is 5.91 Å². The minimum atomic E-state index is 0.128. The van der Waals surface area contributed by atoms with Crippen molar-refractivity contribution in [1.82, 2.24) is 10.2 Å². The van der Waals surface area contributed by atoms with E-state index < -0.39 is 0 Å². The van der Waals surface area contributed by atoms with Crippen molar-refractivity contribution < 1.29 is 4.79 Å². The Hall–Kier alpha value is -1.39. The second kappa shape index (κ2) is 8.80. The molecule has 4 heteroatoms. The molecule has 1 heterocycles. The fourth-order valence-electron chi connectivity index (χ4n) is 2.94. The van der Waals surface area contributed by atoms with Gasteiger partial charge in [-0.25, -0.2) is 0 Å². The van der Waals surface area contributed by atoms with Crippen LogP contribution in [0.2, 0.25) is 0 Å². The lowest BCUT2D eigenvalue weighted by atomic mass is 10.0. The van der Waals surface area contributed by atoms with E-state index in [-0.39, 0.29) is 5.91 Å². The number of hydrogen-bond donors (Lipinski definition) is 2. The number of aryl methyl sites for hydroxylation is 1. The van der Waals surface area contributed by atoms with Crippen LogP contribution in [0.4, 0.5) is 0 Å². The molecule has 0 spiro atoms. The molecular formula is C17H27N3O. The van der Waals surface area contributed by atoms with E-state index in [0.29, 0.717) is 19.1 Å². The Morgan fingerprint density at radius 2 is 2.10 bits per heavy atom. The molecule has 0 bridgehead atoms. The van der Waals surface area contributed by atoms with Crippen molar-refractivity contribution in [1.29, 1.82) is 0 Å². The number of piperidine rings is 1. The molecule has 4 nitrogen and oxygen atoms in total. The maximum absolute atomic E-state index is 12.0. The Morgan fingerprint density at radius 3 is 2.86 bits per heavy atom. The van der Waals surface area contributed by atoms with E-state index in [1.54, 1.807) is 0 Å². The number of likely N-dealkylation sites (tertiary alicyclic amines) is 1. The minimum absolute atomic E-state index is 0.128. The topological polar surface area (TPSA) is 58.4 Å². The molecule has 1 aromatic carbocycles. The van der Waals surface area contributed by atoms with Crippen LogP contribution in [0.1, 0.15) is 31.2 Å². The summed E-state index contributed by atoms with van der Waals surface area (Å²) in [6.45, 7) is 2.89. The lowest BCUT2D eigenvalue weighted by molar-refractivity contribution is -0.123. The third kappa shape index (κ3) is 5.48. The molecule has 1 fully saturated rings. The van der Waals surface area contributed by atoms with Gasteiger partial charge in [-0.05, 0) is 37.8 Å². The standard InChI is InChI=1S/C17H27N3O/c18-13-16-10-4-5-12-20(16)14-17(21)19-11-6-9-15-7-2-1-3-8-15/h1-3,7-8,16H,4-6,9-14,18H2,(H,19,21). The first-order valence-corrected chi connectivity index (χ1v) is 8.04. The Morgan fingerprint density at radius 1 is 1.29 bits per heavy atom. The van der Waals surface area contributed by atoms with E-state index >= 15 is 0 Å². The lowest BCUT2D eigenvalue weighted by Gasteiger charge is -2.34. The Balaban J connectivity index is 1.63. The van der Waals surface area contributed by atoms with E-state index in [1.807, 2.05) is 6.07 Å². The van der Waals surface area contributed by atoms with Gasteiger partial charge >= 0.3 is 0 Å². The summed E-state index contributed by atoms with van der Waals surface area (Å²) in [5.74, 6) is 0.128. The molecular weight excluding hydrogens is 262 g/mol. The molecule has 1 aliphatic heterocycles. The third-order valence-electron chi connectivity index (χ3n) is 4.18. The maximum atomic E-state index is 12.0. The first kappa shape index (κ1) is 16.0. The summed E-state index contributed by atoms with van der Waals surface area (Å²) in [5, 5.41) is 3.02. The van der Waals surface area contributed by atoms with Gasteiger partial charge in [-0.3, -0.25) is 9.69 Å². The molecule has 0 aliphatic carbocycles. The van der Waals surface area contributed by atoms with Gasteiger partial charge in [0.25, 0.3) is 0 Å². The summed E-state index contributed by atoms with van der Waals surface area (Å²) in [4.78, 5) is 14.2. The van der Waals surface area contributed by atoms with Gasteiger partial charge < -0.3 is 11.1 Å². The minimum Gasteiger partial charge on any atom is -0.355 e. The quantitative estimate of drug-likeness (QED) is 0.749. The van der Waals surface area contributed by atoms with Crippen LogP contribution >= 0.6 is 0 Å². The van der Waals surface area contributed by atoms with Crippen molar-refractivity contribution in [3.63, 3.8) is 0 Å². The van der Waals surface area contributed by atoms with E-state index in [4.69, 9.17) is 5.73 Å². The highest BCUT2D eigenvalue weighted by Gasteiger charge is 2.22. The van der Waals surface area contributed by atoms with E-state index in [1.165, 1.54) is 18.4 Å². The van der Waals surface area contributed by atoms with Crippen LogP contribution in [0.5, 0.6) is 0 Å². The predicted octanol–water partition coefficient (Wildman–Crippen LogP) is 1.55. The number of benzene rings is 1. The van der Waals surface area contributed by atoms with Crippen molar-refractivity contribution in [2.45, 2.75) is 38.1 Å². The number of nitrogens with zero attached hydrogens (tertiary/aromatic N) is 1. The zero-order valence-corrected chi connectivity index (χ0v) is 12.8. The molecule has 3 N–H and O–H groups in total. The molecule has 0 radical (unpaired) electrons. The number of carbonyl (C=O) groups excluding carboxylic acids is 1. The summed E-state index contributed by atoms with van der Waals surface area (Å²) in [6.07, 6.45) is 5.53. The van der Waals surface area contributed by atoms with Gasteiger partial charge in [0.1, 0.15) is 0 Å². The highest BCUT2D eigenvalue weighted by Crippen LogP contribution is 2.15. The zero-order valence-electron chi connectivity index (χ0n) is 12.8. The normalized spacial score (nSPS) is 19.4. The molecule has 2 rings (SSSR count). The van der Waals surface area contributed by atoms with Crippen LogP contribution < -0.4 is 11.1 Å². The molecule has 1 atom stereocenters. The number of nitrogens with two attached hydrogens (primary N) is 1. The third-order valence-corrected chi connectivity index (χ3v) is 4.18. The Labute approximate surface area is 127 Å². The molecule has 0 aromatic heterocycles. The van der Waals surface area contributed by atoms with Crippen LogP contribution in [0.3, 0.4) is 0 Å². The molecule has 1 aliphatic rings. The predicted molar refractivity (Wildman–Crippen MR) is 86.0 cm³/mol. The van der Waals surface area contributed by atoms with Gasteiger partial charge in [-0.15, -0.1) is 0 Å². The SMILES string of the molecule is NCC1CCCCN1CC(=O)NCCCc1ccccc1. The summed E-state index contributed by atoms with van der Waals surface area (Å²) in [5.41, 5.74) is 7.11. The van der Waals surface area contributed by atoms with E-state index in [0.717, 1.165) is 32.4 Å². The molecule has 116 valence electrons. The average molecular weight is 289 g/mol. The molecule has 1 saturated heterocycles. The monoisotopic (exact) mass is 289 g/mol. The van der Waals surface area contributed by atoms with Gasteiger partial charge in [0.15, 0.2) is 0 Å². The maximum Gasteiger partial charge on any atom is 0.234 e. The zero-order chi connectivity index (χ0) is 14.9.